The third kappa shape index (κ3) is 5.60. The van der Waals surface area contributed by atoms with Crippen molar-refractivity contribution >= 4 is 5.82 Å². The maximum absolute atomic E-state index is 8.98. The predicted molar refractivity (Wildman–Crippen MR) is 139 cm³/mol. The molecule has 0 amide bonds. The van der Waals surface area contributed by atoms with Crippen LogP contribution in [-0.4, -0.2) is 42.4 Å². The summed E-state index contributed by atoms with van der Waals surface area (Å²) in [5, 5.41) is 12.7. The van der Waals surface area contributed by atoms with Gasteiger partial charge in [0.15, 0.2) is 0 Å². The number of benzene rings is 1. The van der Waals surface area contributed by atoms with Crippen LogP contribution in [0.25, 0.3) is 11.3 Å². The second-order valence-electron chi connectivity index (χ2n) is 11.4. The normalized spacial score (nSPS) is 22.0. The van der Waals surface area contributed by atoms with Crippen LogP contribution >= 0.6 is 0 Å². The monoisotopic (exact) mass is 449 g/mol. The lowest BCUT2D eigenvalue weighted by Gasteiger charge is -2.42. The third-order valence-electron chi connectivity index (χ3n) is 7.95. The number of fused-ring (bicyclic) bond motifs is 1. The molecule has 2 heterocycles. The van der Waals surface area contributed by atoms with E-state index < -0.39 is 0 Å². The number of aromatic nitrogens is 1. The Labute approximate surface area is 200 Å². The predicted octanol–water partition coefficient (Wildman–Crippen LogP) is 5.82. The summed E-state index contributed by atoms with van der Waals surface area (Å²) in [6, 6.07) is 14.1. The molecule has 4 heteroatoms. The third-order valence-corrected chi connectivity index (χ3v) is 7.95. The molecule has 2 aromatic rings. The molecule has 180 valence electrons. The van der Waals surface area contributed by atoms with Crippen molar-refractivity contribution in [1.29, 1.82) is 0 Å². The largest absolute Gasteiger partial charge is 0.396 e. The second kappa shape index (κ2) is 10.1. The Morgan fingerprint density at radius 2 is 1.76 bits per heavy atom. The Kier molecular flexibility index (Phi) is 7.45. The van der Waals surface area contributed by atoms with E-state index in [1.54, 1.807) is 0 Å². The van der Waals surface area contributed by atoms with Crippen molar-refractivity contribution < 1.29 is 5.11 Å². The summed E-state index contributed by atoms with van der Waals surface area (Å²) >= 11 is 0. The minimum absolute atomic E-state index is 0.211. The van der Waals surface area contributed by atoms with E-state index in [4.69, 9.17) is 10.1 Å². The maximum Gasteiger partial charge on any atom is 0.129 e. The Bertz CT molecular complexity index is 936. The van der Waals surface area contributed by atoms with Gasteiger partial charge in [0, 0.05) is 31.3 Å². The smallest absolute Gasteiger partial charge is 0.129 e. The molecule has 1 fully saturated rings. The highest BCUT2D eigenvalue weighted by molar-refractivity contribution is 5.65. The minimum Gasteiger partial charge on any atom is -0.396 e. The van der Waals surface area contributed by atoms with Gasteiger partial charge in [0.2, 0.25) is 0 Å². The zero-order valence-electron chi connectivity index (χ0n) is 21.2. The highest BCUT2D eigenvalue weighted by Gasteiger charge is 2.37. The minimum atomic E-state index is 0.211. The highest BCUT2D eigenvalue weighted by Crippen LogP contribution is 2.46. The number of nitrogens with one attached hydrogen (secondary N) is 1. The molecule has 4 rings (SSSR count). The van der Waals surface area contributed by atoms with Gasteiger partial charge < -0.3 is 15.3 Å². The van der Waals surface area contributed by atoms with Crippen LogP contribution in [0.4, 0.5) is 5.82 Å². The van der Waals surface area contributed by atoms with Crippen molar-refractivity contribution in [3.05, 3.63) is 47.5 Å². The Morgan fingerprint density at radius 1 is 0.970 bits per heavy atom. The fourth-order valence-electron chi connectivity index (χ4n) is 5.58. The van der Waals surface area contributed by atoms with E-state index >= 15 is 0 Å². The number of pyridine rings is 1. The summed E-state index contributed by atoms with van der Waals surface area (Å²) < 4.78 is 0. The summed E-state index contributed by atoms with van der Waals surface area (Å²) in [5.41, 5.74) is 5.77. The SMILES string of the molecule is CC1(C)CCC(C)(C)c2cc(-c3cccc(N4CCCC(NCCCCO)CC4)n3)ccc21. The van der Waals surface area contributed by atoms with Crippen LogP contribution in [0.15, 0.2) is 36.4 Å². The zero-order chi connectivity index (χ0) is 23.5. The molecular weight excluding hydrogens is 406 g/mol. The van der Waals surface area contributed by atoms with Crippen molar-refractivity contribution in [1.82, 2.24) is 10.3 Å². The molecule has 2 N–H and O–H groups in total. The van der Waals surface area contributed by atoms with Gasteiger partial charge in [-0.25, -0.2) is 4.98 Å². The zero-order valence-corrected chi connectivity index (χ0v) is 21.2. The number of nitrogens with zero attached hydrogens (tertiary/aromatic N) is 2. The van der Waals surface area contributed by atoms with Crippen LogP contribution < -0.4 is 10.2 Å². The molecule has 1 unspecified atom stereocenters. The van der Waals surface area contributed by atoms with Crippen molar-refractivity contribution in [2.45, 2.75) is 89.5 Å². The van der Waals surface area contributed by atoms with E-state index in [0.717, 1.165) is 50.4 Å². The molecule has 0 bridgehead atoms. The average molecular weight is 450 g/mol. The van der Waals surface area contributed by atoms with Crippen molar-refractivity contribution in [2.75, 3.05) is 31.1 Å². The van der Waals surface area contributed by atoms with E-state index in [9.17, 15) is 0 Å². The van der Waals surface area contributed by atoms with Crippen molar-refractivity contribution in [2.24, 2.45) is 0 Å². The molecule has 1 aliphatic carbocycles. The number of unbranched alkanes of at least 4 members (excludes halogenated alkanes) is 1. The molecule has 1 atom stereocenters. The summed E-state index contributed by atoms with van der Waals surface area (Å²) in [4.78, 5) is 7.59. The topological polar surface area (TPSA) is 48.4 Å². The Morgan fingerprint density at radius 3 is 2.55 bits per heavy atom. The van der Waals surface area contributed by atoms with Gasteiger partial charge in [0.25, 0.3) is 0 Å². The standard InChI is InChI=1S/C29H43N3O/c1-28(2)15-16-29(3,4)25-21-22(12-13-24(25)28)26-10-7-11-27(31-26)32-18-8-9-23(14-19-32)30-17-5-6-20-33/h7,10-13,21,23,30,33H,5-6,8-9,14-20H2,1-4H3. The molecule has 0 saturated carbocycles. The fraction of sp³-hybridized carbons (Fsp3) is 0.621. The molecular formula is C29H43N3O. The first kappa shape index (κ1) is 24.2. The molecule has 1 aliphatic heterocycles. The maximum atomic E-state index is 8.98. The molecule has 1 saturated heterocycles. The van der Waals surface area contributed by atoms with Crippen LogP contribution in [0.1, 0.15) is 83.8 Å². The van der Waals surface area contributed by atoms with E-state index in [1.165, 1.54) is 42.4 Å². The number of aliphatic hydroxyl groups excluding tert-OH is 1. The molecule has 2 aliphatic rings. The number of hydrogen-bond donors (Lipinski definition) is 2. The molecule has 0 spiro atoms. The molecule has 1 aromatic heterocycles. The average Bonchev–Trinajstić information content (AvgIpc) is 3.06. The van der Waals surface area contributed by atoms with E-state index in [2.05, 4.69) is 74.3 Å². The number of hydrogen-bond acceptors (Lipinski definition) is 4. The fourth-order valence-corrected chi connectivity index (χ4v) is 5.58. The first-order valence-electron chi connectivity index (χ1n) is 13.0. The number of aliphatic hydroxyl groups is 1. The summed E-state index contributed by atoms with van der Waals surface area (Å²) in [6.45, 7) is 12.9. The summed E-state index contributed by atoms with van der Waals surface area (Å²) in [6.07, 6.45) is 7.96. The van der Waals surface area contributed by atoms with E-state index in [1.807, 2.05) is 0 Å². The van der Waals surface area contributed by atoms with Gasteiger partial charge in [0.05, 0.1) is 5.69 Å². The highest BCUT2D eigenvalue weighted by atomic mass is 16.2. The molecule has 1 aromatic carbocycles. The second-order valence-corrected chi connectivity index (χ2v) is 11.4. The van der Waals surface area contributed by atoms with Gasteiger partial charge in [-0.1, -0.05) is 45.9 Å². The first-order chi connectivity index (χ1) is 15.8. The summed E-state index contributed by atoms with van der Waals surface area (Å²) in [5.74, 6) is 1.10. The van der Waals surface area contributed by atoms with Crippen molar-refractivity contribution in [3.8, 4) is 11.3 Å². The lowest BCUT2D eigenvalue weighted by atomic mass is 9.63. The van der Waals surface area contributed by atoms with Gasteiger partial charge in [-0.2, -0.15) is 0 Å². The quantitative estimate of drug-likeness (QED) is 0.523. The summed E-state index contributed by atoms with van der Waals surface area (Å²) in [7, 11) is 0. The lowest BCUT2D eigenvalue weighted by molar-refractivity contribution is 0.282. The molecule has 0 radical (unpaired) electrons. The van der Waals surface area contributed by atoms with Gasteiger partial charge in [-0.05, 0) is 91.6 Å². The van der Waals surface area contributed by atoms with Crippen LogP contribution in [0.5, 0.6) is 0 Å². The van der Waals surface area contributed by atoms with Crippen molar-refractivity contribution in [3.63, 3.8) is 0 Å². The Hall–Kier alpha value is -1.91. The van der Waals surface area contributed by atoms with Gasteiger partial charge in [-0.15, -0.1) is 0 Å². The lowest BCUT2D eigenvalue weighted by Crippen LogP contribution is -2.33. The van der Waals surface area contributed by atoms with E-state index in [-0.39, 0.29) is 10.8 Å². The van der Waals surface area contributed by atoms with Gasteiger partial charge >= 0.3 is 0 Å². The van der Waals surface area contributed by atoms with Gasteiger partial charge in [-0.3, -0.25) is 0 Å². The van der Waals surface area contributed by atoms with Gasteiger partial charge in [0.1, 0.15) is 5.82 Å². The van der Waals surface area contributed by atoms with Crippen LogP contribution in [0.2, 0.25) is 0 Å². The van der Waals surface area contributed by atoms with Crippen LogP contribution in [0, 0.1) is 0 Å². The number of anilines is 1. The van der Waals surface area contributed by atoms with Crippen LogP contribution in [-0.2, 0) is 10.8 Å². The molecule has 33 heavy (non-hydrogen) atoms. The first-order valence-corrected chi connectivity index (χ1v) is 13.0. The van der Waals surface area contributed by atoms with Crippen LogP contribution in [0.3, 0.4) is 0 Å². The Balaban J connectivity index is 1.50. The van der Waals surface area contributed by atoms with E-state index in [0.29, 0.717) is 12.6 Å². The number of rotatable bonds is 7. The molecule has 4 nitrogen and oxygen atoms in total.